The van der Waals surface area contributed by atoms with Gasteiger partial charge in [-0.2, -0.15) is 0 Å². The van der Waals surface area contributed by atoms with Gasteiger partial charge in [0.1, 0.15) is 112 Å². The predicted octanol–water partition coefficient (Wildman–Crippen LogP) is 15.2. The molecule has 0 radical (unpaired) electrons. The zero-order valence-corrected chi connectivity index (χ0v) is 59.8. The van der Waals surface area contributed by atoms with Crippen LogP contribution in [-0.2, 0) is 78.2 Å². The summed E-state index contributed by atoms with van der Waals surface area (Å²) in [5.41, 5.74) is 4.97. The lowest BCUT2D eigenvalue weighted by molar-refractivity contribution is -0.147. The molecule has 0 atom stereocenters. The van der Waals surface area contributed by atoms with Gasteiger partial charge in [-0.1, -0.05) is 111 Å². The highest BCUT2D eigenvalue weighted by Gasteiger charge is 2.28. The van der Waals surface area contributed by atoms with Crippen LogP contribution >= 0.6 is 0 Å². The highest BCUT2D eigenvalue weighted by Crippen LogP contribution is 2.42. The first-order valence-electron chi connectivity index (χ1n) is 35.6. The maximum atomic E-state index is 14.9. The molecule has 0 heterocycles. The predicted molar refractivity (Wildman–Crippen MR) is 376 cm³/mol. The minimum Gasteiger partial charge on any atom is -0.489 e. The van der Waals surface area contributed by atoms with Crippen LogP contribution in [0.5, 0.6) is 23.0 Å². The summed E-state index contributed by atoms with van der Waals surface area (Å²) in [4.78, 5) is 147. The third-order valence-electron chi connectivity index (χ3n) is 16.7. The largest absolute Gasteiger partial charge is 0.489 e. The third-order valence-corrected chi connectivity index (χ3v) is 16.7. The topological polar surface area (TPSA) is 262 Å². The Morgan fingerprint density at radius 3 is 0.707 bits per heavy atom. The molecular weight excluding hydrogens is 1260 g/mol. The highest BCUT2D eigenvalue weighted by molar-refractivity contribution is 6.00. The summed E-state index contributed by atoms with van der Waals surface area (Å²) in [6.45, 7) is 15.4. The summed E-state index contributed by atoms with van der Waals surface area (Å²) in [5.74, 6) is -3.78. The van der Waals surface area contributed by atoms with Gasteiger partial charge in [-0.25, -0.2) is 4.79 Å². The van der Waals surface area contributed by atoms with Crippen LogP contribution in [0.2, 0.25) is 0 Å². The van der Waals surface area contributed by atoms with Gasteiger partial charge in [0.05, 0.1) is 0 Å². The van der Waals surface area contributed by atoms with Gasteiger partial charge in [0, 0.05) is 79.2 Å². The molecule has 8 bridgehead atoms. The molecule has 0 aromatic heterocycles. The Kier molecular flexibility index (Phi) is 35.8. The average molecular weight is 1370 g/mol. The van der Waals surface area contributed by atoms with Crippen LogP contribution in [0.4, 0.5) is 0 Å². The summed E-state index contributed by atoms with van der Waals surface area (Å²) >= 11 is 0. The lowest BCUT2D eigenvalue weighted by Gasteiger charge is -2.25. The maximum absolute atomic E-state index is 14.9. The van der Waals surface area contributed by atoms with E-state index in [9.17, 15) is 52.7 Å². The number of unbranched alkanes of at least 4 members (excludes halogenated alkanes) is 12. The number of ketones is 7. The minimum absolute atomic E-state index is 0.0820. The summed E-state index contributed by atoms with van der Waals surface area (Å²) in [7, 11) is 0. The standard InChI is InChI=1S/C80H104O19/c1-10-14-18-22-26-69(84)57-41-61-49-63-43-58(70(85)27-23-19-15-11-2)45-65(77(63)96-34-31-93-74(89)39-55(8)82)51-67-47-60(72(87)29-25-21-17-13-4)48-68(79(67)98-36-37-99-80(91)53(5)6)52-66-46-59(71(86)28-24-20-16-12-3)44-64(78(66)97-35-32-94-75(90)40-56(9)83)50-62(42-57)76(61)95-33-30-92-73(88)38-54(7)81/h41-48H,5,10-40,49-52H2,1-4,6-9H3. The Morgan fingerprint density at radius 1 is 0.303 bits per heavy atom. The molecule has 0 fully saturated rings. The number of Topliss-reactive ketones (excluding diaryl/α,β-unsaturated/α-hetero) is 7. The fraction of sp³-hybridized carbons (Fsp3) is 0.537. The van der Waals surface area contributed by atoms with E-state index in [2.05, 4.69) is 34.3 Å². The van der Waals surface area contributed by atoms with Crippen LogP contribution in [0.1, 0.15) is 289 Å². The van der Waals surface area contributed by atoms with Crippen molar-refractivity contribution >= 4 is 64.4 Å². The SMILES string of the molecule is C=C(C)C(=O)OCCOc1c2cc(C(=O)CCCCCC)cc1Cc1cc(C(=O)CCCCCC)cc(c1OCCOC(=O)CC(C)=O)Cc1cc(C(=O)CCCCCC)cc(c1OCCOC(=O)CC(C)=O)Cc1cc(C(=O)CCCCCC)cc(c1OCCOC(=O)CC(C)=O)C2. The first kappa shape index (κ1) is 81.1. The normalized spacial score (nSPS) is 11.6. The first-order valence-corrected chi connectivity index (χ1v) is 35.6. The Morgan fingerprint density at radius 2 is 0.515 bits per heavy atom. The van der Waals surface area contributed by atoms with Crippen LogP contribution in [-0.4, -0.2) is 117 Å². The highest BCUT2D eigenvalue weighted by atomic mass is 16.6. The van der Waals surface area contributed by atoms with Crippen molar-refractivity contribution in [2.24, 2.45) is 0 Å². The van der Waals surface area contributed by atoms with E-state index in [1.807, 2.05) is 0 Å². The van der Waals surface area contributed by atoms with Crippen LogP contribution in [0.15, 0.2) is 60.7 Å². The molecule has 0 saturated heterocycles. The van der Waals surface area contributed by atoms with Crippen molar-refractivity contribution < 1.29 is 90.6 Å². The van der Waals surface area contributed by atoms with E-state index in [4.69, 9.17) is 37.9 Å². The quantitative estimate of drug-likeness (QED) is 0.00875. The van der Waals surface area contributed by atoms with Crippen molar-refractivity contribution in [3.05, 3.63) is 127 Å². The molecule has 0 N–H and O–H groups in total. The van der Waals surface area contributed by atoms with E-state index in [1.165, 1.54) is 27.7 Å². The van der Waals surface area contributed by atoms with Crippen LogP contribution < -0.4 is 18.9 Å². The molecule has 0 saturated carbocycles. The average Bonchev–Trinajstić information content (AvgIpc) is 0.772. The second-order valence-electron chi connectivity index (χ2n) is 25.7. The van der Waals surface area contributed by atoms with Gasteiger partial charge < -0.3 is 37.9 Å². The molecule has 1 aliphatic rings. The lowest BCUT2D eigenvalue weighted by Crippen LogP contribution is -2.18. The number of carbonyl (C=O) groups is 11. The fourth-order valence-electron chi connectivity index (χ4n) is 11.8. The Bertz CT molecular complexity index is 3320. The minimum atomic E-state index is -0.764. The fourth-order valence-corrected chi connectivity index (χ4v) is 11.8. The van der Waals surface area contributed by atoms with Gasteiger partial charge >= 0.3 is 23.9 Å². The van der Waals surface area contributed by atoms with Gasteiger partial charge in [-0.3, -0.25) is 47.9 Å². The third kappa shape index (κ3) is 28.3. The van der Waals surface area contributed by atoms with Gasteiger partial charge in [0.25, 0.3) is 0 Å². The molecule has 538 valence electrons. The molecule has 19 heteroatoms. The van der Waals surface area contributed by atoms with Gasteiger partial charge in [0.2, 0.25) is 0 Å². The molecule has 5 rings (SSSR count). The van der Waals surface area contributed by atoms with Crippen LogP contribution in [0.3, 0.4) is 0 Å². The van der Waals surface area contributed by atoms with Gasteiger partial charge in [-0.05, 0) is 146 Å². The van der Waals surface area contributed by atoms with E-state index < -0.39 is 60.5 Å². The number of carbonyl (C=O) groups excluding carboxylic acids is 11. The molecule has 0 unspecified atom stereocenters. The summed E-state index contributed by atoms with van der Waals surface area (Å²) < 4.78 is 49.4. The first-order chi connectivity index (χ1) is 47.5. The number of fused-ring (bicyclic) bond motifs is 8. The van der Waals surface area contributed by atoms with E-state index in [1.54, 1.807) is 48.5 Å². The summed E-state index contributed by atoms with van der Waals surface area (Å²) in [6.07, 6.45) is 12.1. The second kappa shape index (κ2) is 43.7. The number of hydrogen-bond donors (Lipinski definition) is 0. The van der Waals surface area contributed by atoms with Crippen molar-refractivity contribution in [2.75, 3.05) is 52.9 Å². The molecule has 4 aromatic carbocycles. The van der Waals surface area contributed by atoms with E-state index >= 15 is 0 Å². The molecule has 19 nitrogen and oxygen atoms in total. The summed E-state index contributed by atoms with van der Waals surface area (Å²) in [5, 5.41) is 0. The zero-order chi connectivity index (χ0) is 72.2. The Hall–Kier alpha value is -8.61. The van der Waals surface area contributed by atoms with Crippen molar-refractivity contribution in [3.63, 3.8) is 0 Å². The number of benzene rings is 4. The van der Waals surface area contributed by atoms with Crippen molar-refractivity contribution in [1.82, 2.24) is 0 Å². The smallest absolute Gasteiger partial charge is 0.333 e. The molecule has 4 aromatic rings. The molecule has 0 spiro atoms. The van der Waals surface area contributed by atoms with Crippen LogP contribution in [0.25, 0.3) is 0 Å². The van der Waals surface area contributed by atoms with Crippen LogP contribution in [0, 0.1) is 0 Å². The van der Waals surface area contributed by atoms with E-state index in [-0.39, 0.29) is 156 Å². The lowest BCUT2D eigenvalue weighted by atomic mass is 9.86. The Labute approximate surface area is 584 Å². The van der Waals surface area contributed by atoms with Crippen molar-refractivity contribution in [1.29, 1.82) is 0 Å². The molecule has 0 amide bonds. The van der Waals surface area contributed by atoms with E-state index in [0.717, 1.165) is 77.0 Å². The molecule has 1 aliphatic carbocycles. The zero-order valence-electron chi connectivity index (χ0n) is 59.8. The van der Waals surface area contributed by atoms with E-state index in [0.29, 0.717) is 92.4 Å². The molecular formula is C80H104O19. The number of ether oxygens (including phenoxy) is 8. The number of rotatable bonds is 47. The summed E-state index contributed by atoms with van der Waals surface area (Å²) in [6, 6.07) is 13.9. The van der Waals surface area contributed by atoms with Gasteiger partial charge in [0.15, 0.2) is 23.1 Å². The molecule has 99 heavy (non-hydrogen) atoms. The van der Waals surface area contributed by atoms with Crippen molar-refractivity contribution in [2.45, 2.75) is 229 Å². The Balaban J connectivity index is 2.03. The maximum Gasteiger partial charge on any atom is 0.333 e. The monoisotopic (exact) mass is 1370 g/mol. The van der Waals surface area contributed by atoms with Crippen molar-refractivity contribution in [3.8, 4) is 23.0 Å². The molecule has 0 aliphatic heterocycles. The van der Waals surface area contributed by atoms with Gasteiger partial charge in [-0.15, -0.1) is 0 Å². The second-order valence-corrected chi connectivity index (χ2v) is 25.7. The number of hydrogen-bond acceptors (Lipinski definition) is 19. The number of esters is 4.